The smallest absolute Gasteiger partial charge is 0.422 e. The number of benzene rings is 2. The van der Waals surface area contributed by atoms with E-state index in [4.69, 9.17) is 18.9 Å². The first-order valence-electron chi connectivity index (χ1n) is 14.9. The third-order valence-electron chi connectivity index (χ3n) is 6.79. The van der Waals surface area contributed by atoms with Crippen LogP contribution in [0.15, 0.2) is 47.4 Å². The quantitative estimate of drug-likeness (QED) is 0.153. The highest BCUT2D eigenvalue weighted by Crippen LogP contribution is 2.34. The van der Waals surface area contributed by atoms with Crippen LogP contribution in [-0.2, 0) is 21.0 Å². The maximum atomic E-state index is 13.0. The number of rotatable bonds is 16. The van der Waals surface area contributed by atoms with E-state index in [1.54, 1.807) is 58.0 Å². The van der Waals surface area contributed by atoms with E-state index in [-0.39, 0.29) is 30.4 Å². The molecule has 1 heterocycles. The Hall–Kier alpha value is -3.75. The van der Waals surface area contributed by atoms with Gasteiger partial charge in [-0.05, 0) is 82.7 Å². The predicted molar refractivity (Wildman–Crippen MR) is 166 cm³/mol. The minimum atomic E-state index is -3.68. The topological polar surface area (TPSA) is 173 Å². The van der Waals surface area contributed by atoms with Gasteiger partial charge >= 0.3 is 12.2 Å². The summed E-state index contributed by atoms with van der Waals surface area (Å²) in [6, 6.07) is 10.7. The minimum Gasteiger partial charge on any atom is -0.494 e. The number of fused-ring (bicyclic) bond motifs is 1. The van der Waals surface area contributed by atoms with E-state index < -0.39 is 45.7 Å². The van der Waals surface area contributed by atoms with Crippen LogP contribution in [-0.4, -0.2) is 85.8 Å². The molecule has 0 saturated carbocycles. The van der Waals surface area contributed by atoms with Gasteiger partial charge in [0.15, 0.2) is 21.3 Å². The van der Waals surface area contributed by atoms with Crippen LogP contribution in [0.25, 0.3) is 0 Å². The lowest BCUT2D eigenvalue weighted by Crippen LogP contribution is -2.55. The van der Waals surface area contributed by atoms with Crippen molar-refractivity contribution in [2.24, 2.45) is 5.92 Å². The number of amides is 2. The molecule has 0 aromatic heterocycles. The fraction of sp³-hybridized carbons (Fsp3) is 0.548. The molecule has 0 radical (unpaired) electrons. The Morgan fingerprint density at radius 1 is 1.04 bits per heavy atom. The Kier molecular flexibility index (Phi) is 12.7. The Bertz CT molecular complexity index is 1380. The van der Waals surface area contributed by atoms with Crippen molar-refractivity contribution in [2.75, 3.05) is 32.2 Å². The summed E-state index contributed by atoms with van der Waals surface area (Å²) >= 11 is 0. The first-order chi connectivity index (χ1) is 21.1. The average molecular weight is 652 g/mol. The van der Waals surface area contributed by atoms with Gasteiger partial charge in [0.1, 0.15) is 11.4 Å². The summed E-state index contributed by atoms with van der Waals surface area (Å²) in [5, 5.41) is 24.0. The second-order valence-electron chi connectivity index (χ2n) is 12.1. The summed E-state index contributed by atoms with van der Waals surface area (Å²) in [5.74, 6) is 0.796. The van der Waals surface area contributed by atoms with E-state index in [0.717, 1.165) is 17.0 Å². The SMILES string of the molecule is CC(CNN(C(=O)O)[C@@H](Cc1ccc(OCCCCNC(=O)OC(C)(C)C)cc1)[C@@H](C)O)CS(=O)(=O)c1ccc2c(c1)OCO2. The summed E-state index contributed by atoms with van der Waals surface area (Å²) in [6.45, 7) is 9.61. The van der Waals surface area contributed by atoms with Gasteiger partial charge in [-0.2, -0.15) is 0 Å². The molecule has 250 valence electrons. The van der Waals surface area contributed by atoms with Gasteiger partial charge in [0.2, 0.25) is 6.79 Å². The second-order valence-corrected chi connectivity index (χ2v) is 14.1. The third-order valence-corrected chi connectivity index (χ3v) is 8.77. The number of aliphatic hydroxyl groups excluding tert-OH is 1. The number of unbranched alkanes of at least 4 members (excludes halogenated alkanes) is 1. The zero-order chi connectivity index (χ0) is 33.2. The number of alkyl carbamates (subject to hydrolysis) is 1. The first-order valence-corrected chi connectivity index (χ1v) is 16.5. The van der Waals surface area contributed by atoms with E-state index in [0.29, 0.717) is 36.8 Å². The maximum absolute atomic E-state index is 13.0. The highest BCUT2D eigenvalue weighted by Gasteiger charge is 2.29. The van der Waals surface area contributed by atoms with Gasteiger partial charge < -0.3 is 34.5 Å². The molecule has 3 rings (SSSR count). The van der Waals surface area contributed by atoms with Crippen LogP contribution in [0.4, 0.5) is 9.59 Å². The second kappa shape index (κ2) is 16.0. The molecule has 14 heteroatoms. The van der Waals surface area contributed by atoms with Crippen molar-refractivity contribution in [2.45, 2.75) is 76.5 Å². The number of carboxylic acid groups (broad SMARTS) is 1. The van der Waals surface area contributed by atoms with Crippen LogP contribution >= 0.6 is 0 Å². The summed E-state index contributed by atoms with van der Waals surface area (Å²) in [6.07, 6.45) is -1.13. The van der Waals surface area contributed by atoms with Gasteiger partial charge in [-0.3, -0.25) is 0 Å². The summed E-state index contributed by atoms with van der Waals surface area (Å²) < 4.78 is 47.5. The molecule has 0 aliphatic carbocycles. The van der Waals surface area contributed by atoms with Gasteiger partial charge in [0, 0.05) is 19.2 Å². The number of ether oxygens (including phenoxy) is 4. The zero-order valence-electron chi connectivity index (χ0n) is 26.4. The van der Waals surface area contributed by atoms with Crippen molar-refractivity contribution in [1.29, 1.82) is 0 Å². The Labute approximate surface area is 264 Å². The molecule has 2 aromatic carbocycles. The number of hydrogen-bond acceptors (Lipinski definition) is 10. The van der Waals surface area contributed by atoms with Crippen molar-refractivity contribution < 1.29 is 47.2 Å². The number of nitrogens with one attached hydrogen (secondary N) is 2. The predicted octanol–water partition coefficient (Wildman–Crippen LogP) is 3.99. The number of carbonyl (C=O) groups excluding carboxylic acids is 1. The highest BCUT2D eigenvalue weighted by atomic mass is 32.2. The molecular weight excluding hydrogens is 606 g/mol. The van der Waals surface area contributed by atoms with Crippen LogP contribution < -0.4 is 25.0 Å². The highest BCUT2D eigenvalue weighted by molar-refractivity contribution is 7.91. The monoisotopic (exact) mass is 651 g/mol. The van der Waals surface area contributed by atoms with Gasteiger partial charge in [-0.1, -0.05) is 19.1 Å². The summed E-state index contributed by atoms with van der Waals surface area (Å²) in [7, 11) is -3.68. The summed E-state index contributed by atoms with van der Waals surface area (Å²) in [5.41, 5.74) is 3.05. The molecule has 3 atom stereocenters. The molecule has 0 saturated heterocycles. The molecule has 4 N–H and O–H groups in total. The molecule has 2 aromatic rings. The fourth-order valence-electron chi connectivity index (χ4n) is 4.54. The molecule has 0 spiro atoms. The molecule has 1 unspecified atom stereocenters. The lowest BCUT2D eigenvalue weighted by atomic mass is 10.0. The molecule has 0 bridgehead atoms. The van der Waals surface area contributed by atoms with Gasteiger partial charge in [0.25, 0.3) is 0 Å². The van der Waals surface area contributed by atoms with Crippen LogP contribution in [0.3, 0.4) is 0 Å². The summed E-state index contributed by atoms with van der Waals surface area (Å²) in [4.78, 5) is 24.0. The molecule has 1 aliphatic heterocycles. The first kappa shape index (κ1) is 35.7. The van der Waals surface area contributed by atoms with E-state index >= 15 is 0 Å². The van der Waals surface area contributed by atoms with Crippen molar-refractivity contribution in [3.8, 4) is 17.2 Å². The molecule has 0 fully saturated rings. The van der Waals surface area contributed by atoms with Gasteiger partial charge in [-0.15, -0.1) is 0 Å². The number of sulfone groups is 1. The van der Waals surface area contributed by atoms with E-state index in [2.05, 4.69) is 10.7 Å². The van der Waals surface area contributed by atoms with Crippen LogP contribution in [0.2, 0.25) is 0 Å². The van der Waals surface area contributed by atoms with Crippen molar-refractivity contribution in [3.63, 3.8) is 0 Å². The molecular formula is C31H45N3O10S. The molecule has 2 amide bonds. The van der Waals surface area contributed by atoms with Gasteiger partial charge in [0.05, 0.1) is 29.4 Å². The molecule has 45 heavy (non-hydrogen) atoms. The molecule has 13 nitrogen and oxygen atoms in total. The largest absolute Gasteiger partial charge is 0.494 e. The van der Waals surface area contributed by atoms with Crippen LogP contribution in [0, 0.1) is 5.92 Å². The maximum Gasteiger partial charge on any atom is 0.422 e. The lowest BCUT2D eigenvalue weighted by Gasteiger charge is -2.32. The van der Waals surface area contributed by atoms with Crippen LogP contribution in [0.1, 0.15) is 53.0 Å². The number of carbonyl (C=O) groups is 2. The van der Waals surface area contributed by atoms with E-state index in [1.165, 1.54) is 19.1 Å². The molecule has 1 aliphatic rings. The van der Waals surface area contributed by atoms with Crippen molar-refractivity contribution in [1.82, 2.24) is 15.8 Å². The van der Waals surface area contributed by atoms with Gasteiger partial charge in [-0.25, -0.2) is 28.4 Å². The Balaban J connectivity index is 1.48. The van der Waals surface area contributed by atoms with E-state index in [1.807, 2.05) is 0 Å². The fourth-order valence-corrected chi connectivity index (χ4v) is 6.16. The van der Waals surface area contributed by atoms with Crippen molar-refractivity contribution in [3.05, 3.63) is 48.0 Å². The minimum absolute atomic E-state index is 0.0323. The number of hydrazine groups is 1. The third kappa shape index (κ3) is 11.6. The number of hydrogen-bond donors (Lipinski definition) is 4. The normalized spacial score (nSPS) is 14.7. The van der Waals surface area contributed by atoms with Crippen LogP contribution in [0.5, 0.6) is 17.2 Å². The van der Waals surface area contributed by atoms with Crippen molar-refractivity contribution >= 4 is 22.0 Å². The zero-order valence-corrected chi connectivity index (χ0v) is 27.3. The Morgan fingerprint density at radius 3 is 2.38 bits per heavy atom. The van der Waals surface area contributed by atoms with E-state index in [9.17, 15) is 28.2 Å². The number of nitrogens with zero attached hydrogens (tertiary/aromatic N) is 1. The number of aliphatic hydroxyl groups is 1. The standard InChI is InChI=1S/C31H45N3O10S/c1-21(19-45(39,40)25-12-13-27-28(17-25)43-20-42-27)18-33-34(30(37)38)26(22(2)35)16-23-8-10-24(11-9-23)41-15-7-6-14-32-29(36)44-31(3,4)5/h8-13,17,21-22,26,33,35H,6-7,14-16,18-20H2,1-5H3,(H,32,36)(H,37,38)/t21?,22-,26+/m1/s1. The lowest BCUT2D eigenvalue weighted by molar-refractivity contribution is 0.0288. The Morgan fingerprint density at radius 2 is 1.73 bits per heavy atom. The average Bonchev–Trinajstić information content (AvgIpc) is 3.42.